The Morgan fingerprint density at radius 3 is 2.50 bits per heavy atom. The lowest BCUT2D eigenvalue weighted by atomic mass is 9.98. The molecule has 3 atom stereocenters. The maximum atomic E-state index is 9.11. The monoisotopic (exact) mass is 112 g/mol. The fraction of sp³-hybridized carbons (Fsp3) is 1.00. The van der Waals surface area contributed by atoms with E-state index in [1.54, 1.807) is 0 Å². The molecule has 1 nitrogen and oxygen atoms in total. The Balaban J connectivity index is 1.93. The van der Waals surface area contributed by atoms with Crippen molar-refractivity contribution >= 4 is 0 Å². The van der Waals surface area contributed by atoms with Gasteiger partial charge in [-0.05, 0) is 37.5 Å². The van der Waals surface area contributed by atoms with E-state index in [4.69, 9.17) is 5.11 Å². The lowest BCUT2D eigenvalue weighted by molar-refractivity contribution is 0.125. The summed E-state index contributed by atoms with van der Waals surface area (Å²) in [5.41, 5.74) is 0. The van der Waals surface area contributed by atoms with E-state index in [0.29, 0.717) is 0 Å². The van der Waals surface area contributed by atoms with Crippen LogP contribution in [0.4, 0.5) is 0 Å². The maximum Gasteiger partial charge on any atom is 0.0543 e. The van der Waals surface area contributed by atoms with Crippen LogP contribution in [-0.2, 0) is 0 Å². The first-order chi connectivity index (χ1) is 3.86. The smallest absolute Gasteiger partial charge is 0.0543 e. The summed E-state index contributed by atoms with van der Waals surface area (Å²) in [5.74, 6) is 1.96. The fourth-order valence-electron chi connectivity index (χ4n) is 1.83. The Bertz CT molecular complexity index is 101. The molecule has 2 aliphatic rings. The molecule has 2 saturated carbocycles. The van der Waals surface area contributed by atoms with Crippen LogP contribution in [0, 0.1) is 11.8 Å². The zero-order valence-corrected chi connectivity index (χ0v) is 5.01. The number of fused-ring (bicyclic) bond motifs is 1. The molecule has 0 aliphatic heterocycles. The number of hydrogen-bond donors (Lipinski definition) is 1. The van der Waals surface area contributed by atoms with E-state index in [1.807, 2.05) is 0 Å². The molecule has 2 aliphatic carbocycles. The second-order valence-electron chi connectivity index (χ2n) is 3.22. The van der Waals surface area contributed by atoms with Crippen molar-refractivity contribution < 1.29 is 5.11 Å². The standard InChI is InChI=1S/C7H12O/c8-7-2-1-5-3-6(5)4-7/h5-8H,1-4H2/t5-,6-,7+/m1/s1. The molecule has 0 heterocycles. The number of aliphatic hydroxyl groups excluding tert-OH is 1. The van der Waals surface area contributed by atoms with Gasteiger partial charge in [-0.2, -0.15) is 0 Å². The van der Waals surface area contributed by atoms with Gasteiger partial charge in [-0.3, -0.25) is 0 Å². The van der Waals surface area contributed by atoms with E-state index < -0.39 is 0 Å². The Morgan fingerprint density at radius 2 is 1.88 bits per heavy atom. The molecule has 1 N–H and O–H groups in total. The summed E-state index contributed by atoms with van der Waals surface area (Å²) < 4.78 is 0. The summed E-state index contributed by atoms with van der Waals surface area (Å²) in [6, 6.07) is 0. The highest BCUT2D eigenvalue weighted by atomic mass is 16.3. The van der Waals surface area contributed by atoms with Crippen LogP contribution >= 0.6 is 0 Å². The van der Waals surface area contributed by atoms with Gasteiger partial charge in [0.25, 0.3) is 0 Å². The van der Waals surface area contributed by atoms with Crippen molar-refractivity contribution in [3.8, 4) is 0 Å². The highest BCUT2D eigenvalue weighted by Crippen LogP contribution is 2.49. The van der Waals surface area contributed by atoms with E-state index in [9.17, 15) is 0 Å². The molecule has 0 aromatic heterocycles. The molecule has 0 bridgehead atoms. The first-order valence-electron chi connectivity index (χ1n) is 3.54. The SMILES string of the molecule is O[C@H]1CC[C@@H]2C[C@@H]2C1. The Morgan fingerprint density at radius 1 is 1.00 bits per heavy atom. The van der Waals surface area contributed by atoms with E-state index in [2.05, 4.69) is 0 Å². The third kappa shape index (κ3) is 0.655. The van der Waals surface area contributed by atoms with Crippen molar-refractivity contribution in [3.63, 3.8) is 0 Å². The zero-order valence-electron chi connectivity index (χ0n) is 5.01. The van der Waals surface area contributed by atoms with Crippen LogP contribution in [0.1, 0.15) is 25.7 Å². The third-order valence-corrected chi connectivity index (χ3v) is 2.51. The molecular weight excluding hydrogens is 100 g/mol. The predicted octanol–water partition coefficient (Wildman–Crippen LogP) is 1.17. The molecule has 0 aromatic rings. The molecule has 0 aromatic carbocycles. The van der Waals surface area contributed by atoms with Crippen molar-refractivity contribution in [2.75, 3.05) is 0 Å². The van der Waals surface area contributed by atoms with Gasteiger partial charge in [-0.15, -0.1) is 0 Å². The number of rotatable bonds is 0. The Kier molecular flexibility index (Phi) is 0.884. The highest BCUT2D eigenvalue weighted by Gasteiger charge is 2.41. The van der Waals surface area contributed by atoms with Gasteiger partial charge >= 0.3 is 0 Å². The van der Waals surface area contributed by atoms with Gasteiger partial charge < -0.3 is 5.11 Å². The minimum absolute atomic E-state index is 0.0544. The molecule has 0 radical (unpaired) electrons. The van der Waals surface area contributed by atoms with Gasteiger partial charge in [0, 0.05) is 0 Å². The van der Waals surface area contributed by atoms with E-state index in [0.717, 1.165) is 24.7 Å². The van der Waals surface area contributed by atoms with Crippen LogP contribution in [0.15, 0.2) is 0 Å². The molecule has 8 heavy (non-hydrogen) atoms. The van der Waals surface area contributed by atoms with Crippen LogP contribution in [-0.4, -0.2) is 11.2 Å². The second kappa shape index (κ2) is 1.47. The van der Waals surface area contributed by atoms with Crippen LogP contribution in [0.5, 0.6) is 0 Å². The number of hydrogen-bond acceptors (Lipinski definition) is 1. The highest BCUT2D eigenvalue weighted by molar-refractivity contribution is 4.92. The second-order valence-corrected chi connectivity index (χ2v) is 3.22. The van der Waals surface area contributed by atoms with Crippen molar-refractivity contribution in [1.29, 1.82) is 0 Å². The van der Waals surface area contributed by atoms with Crippen LogP contribution in [0.2, 0.25) is 0 Å². The minimum atomic E-state index is 0.0544. The summed E-state index contributed by atoms with van der Waals surface area (Å²) in [4.78, 5) is 0. The van der Waals surface area contributed by atoms with Crippen LogP contribution in [0.3, 0.4) is 0 Å². The molecule has 1 heteroatoms. The molecule has 46 valence electrons. The summed E-state index contributed by atoms with van der Waals surface area (Å²) in [7, 11) is 0. The third-order valence-electron chi connectivity index (χ3n) is 2.51. The summed E-state index contributed by atoms with van der Waals surface area (Å²) in [6.07, 6.45) is 4.94. The molecule has 2 rings (SSSR count). The van der Waals surface area contributed by atoms with Gasteiger partial charge in [-0.1, -0.05) is 0 Å². The van der Waals surface area contributed by atoms with Gasteiger partial charge in [0.1, 0.15) is 0 Å². The van der Waals surface area contributed by atoms with Crippen molar-refractivity contribution in [3.05, 3.63) is 0 Å². The average molecular weight is 112 g/mol. The molecule has 0 unspecified atom stereocenters. The average Bonchev–Trinajstić information content (AvgIpc) is 2.43. The zero-order chi connectivity index (χ0) is 5.56. The molecule has 0 saturated heterocycles. The number of aliphatic hydroxyl groups is 1. The van der Waals surface area contributed by atoms with Gasteiger partial charge in [0.15, 0.2) is 0 Å². The Labute approximate surface area is 49.7 Å². The van der Waals surface area contributed by atoms with Crippen molar-refractivity contribution in [2.45, 2.75) is 31.8 Å². The summed E-state index contributed by atoms with van der Waals surface area (Å²) >= 11 is 0. The van der Waals surface area contributed by atoms with Gasteiger partial charge in [-0.25, -0.2) is 0 Å². The fourth-order valence-corrected chi connectivity index (χ4v) is 1.83. The molecule has 0 spiro atoms. The van der Waals surface area contributed by atoms with E-state index >= 15 is 0 Å². The summed E-state index contributed by atoms with van der Waals surface area (Å²) in [6.45, 7) is 0. The largest absolute Gasteiger partial charge is 0.393 e. The topological polar surface area (TPSA) is 20.2 Å². The molecule has 2 fully saturated rings. The van der Waals surface area contributed by atoms with E-state index in [1.165, 1.54) is 12.8 Å². The summed E-state index contributed by atoms with van der Waals surface area (Å²) in [5, 5.41) is 9.11. The van der Waals surface area contributed by atoms with Crippen molar-refractivity contribution in [1.82, 2.24) is 0 Å². The maximum absolute atomic E-state index is 9.11. The van der Waals surface area contributed by atoms with Crippen LogP contribution in [0.25, 0.3) is 0 Å². The van der Waals surface area contributed by atoms with Crippen molar-refractivity contribution in [2.24, 2.45) is 11.8 Å². The quantitative estimate of drug-likeness (QED) is 0.498. The van der Waals surface area contributed by atoms with E-state index in [-0.39, 0.29) is 6.10 Å². The van der Waals surface area contributed by atoms with Gasteiger partial charge in [0.2, 0.25) is 0 Å². The predicted molar refractivity (Wildman–Crippen MR) is 31.5 cm³/mol. The lowest BCUT2D eigenvalue weighted by Gasteiger charge is -2.14. The first-order valence-corrected chi connectivity index (χ1v) is 3.54. The minimum Gasteiger partial charge on any atom is -0.393 e. The lowest BCUT2D eigenvalue weighted by Crippen LogP contribution is -2.12. The van der Waals surface area contributed by atoms with Gasteiger partial charge in [0.05, 0.1) is 6.10 Å². The van der Waals surface area contributed by atoms with Crippen LogP contribution < -0.4 is 0 Å². The molecule has 0 amide bonds. The normalized spacial score (nSPS) is 52.9. The Hall–Kier alpha value is -0.0400. The first kappa shape index (κ1) is 4.80. The molecular formula is C7H12O.